The number of carbonyl (C=O) groups excluding carboxylic acids is 1. The normalized spacial score (nSPS) is 24.5. The molecule has 2 aromatic carbocycles. The van der Waals surface area contributed by atoms with Crippen molar-refractivity contribution in [2.45, 2.75) is 43.5 Å². The highest BCUT2D eigenvalue weighted by molar-refractivity contribution is 5.87. The van der Waals surface area contributed by atoms with Gasteiger partial charge in [-0.3, -0.25) is 0 Å². The Hall–Kier alpha value is -3.35. The van der Waals surface area contributed by atoms with Crippen LogP contribution in [0.2, 0.25) is 0 Å². The molecule has 0 saturated carbocycles. The number of benzene rings is 2. The maximum atomic E-state index is 12.0. The highest BCUT2D eigenvalue weighted by Gasteiger charge is 2.44. The maximum absolute atomic E-state index is 12.0. The van der Waals surface area contributed by atoms with Gasteiger partial charge in [0.1, 0.15) is 31.0 Å². The average molecular weight is 492 g/mol. The average Bonchev–Trinajstić information content (AvgIpc) is 2.83. The number of carbonyl (C=O) groups is 1. The van der Waals surface area contributed by atoms with Gasteiger partial charge in [-0.15, -0.1) is 0 Å². The Labute approximate surface area is 200 Å². The van der Waals surface area contributed by atoms with Crippen molar-refractivity contribution in [1.82, 2.24) is 0 Å². The SMILES string of the molecule is O=C(/C=C/c1ccc(O)c(O)c1)OC[C@H]1O[C@@H](OCCCc2ccc(O)c(O)c2)[C@H](O)[C@@H](O)[C@@H]1O. The first-order chi connectivity index (χ1) is 16.7. The van der Waals surface area contributed by atoms with E-state index in [0.29, 0.717) is 18.4 Å². The molecule has 190 valence electrons. The Morgan fingerprint density at radius 3 is 2.26 bits per heavy atom. The third kappa shape index (κ3) is 7.07. The monoisotopic (exact) mass is 492 g/mol. The fourth-order valence-corrected chi connectivity index (χ4v) is 3.41. The van der Waals surface area contributed by atoms with E-state index in [2.05, 4.69) is 0 Å². The number of aryl methyl sites for hydroxylation is 1. The number of rotatable bonds is 9. The van der Waals surface area contributed by atoms with E-state index >= 15 is 0 Å². The number of aliphatic hydroxyl groups excluding tert-OH is 3. The van der Waals surface area contributed by atoms with Crippen LogP contribution < -0.4 is 0 Å². The Morgan fingerprint density at radius 1 is 0.886 bits per heavy atom. The van der Waals surface area contributed by atoms with Crippen LogP contribution >= 0.6 is 0 Å². The van der Waals surface area contributed by atoms with E-state index < -0.39 is 43.3 Å². The van der Waals surface area contributed by atoms with Gasteiger partial charge in [0.15, 0.2) is 29.3 Å². The van der Waals surface area contributed by atoms with Crippen LogP contribution in [0.1, 0.15) is 17.5 Å². The minimum Gasteiger partial charge on any atom is -0.504 e. The summed E-state index contributed by atoms with van der Waals surface area (Å²) in [5.41, 5.74) is 1.19. The Balaban J connectivity index is 1.48. The molecule has 0 bridgehead atoms. The van der Waals surface area contributed by atoms with Gasteiger partial charge in [-0.25, -0.2) is 4.79 Å². The molecule has 7 N–H and O–H groups in total. The van der Waals surface area contributed by atoms with Crippen molar-refractivity contribution in [3.05, 3.63) is 53.6 Å². The first-order valence-corrected chi connectivity index (χ1v) is 10.8. The molecule has 5 atom stereocenters. The van der Waals surface area contributed by atoms with E-state index in [1.807, 2.05) is 0 Å². The molecule has 1 aliphatic heterocycles. The molecule has 1 fully saturated rings. The largest absolute Gasteiger partial charge is 0.504 e. The molecule has 35 heavy (non-hydrogen) atoms. The van der Waals surface area contributed by atoms with Gasteiger partial charge in [-0.05, 0) is 54.3 Å². The van der Waals surface area contributed by atoms with Gasteiger partial charge in [0, 0.05) is 6.08 Å². The van der Waals surface area contributed by atoms with Crippen LogP contribution in [0, 0.1) is 0 Å². The first-order valence-electron chi connectivity index (χ1n) is 10.8. The predicted molar refractivity (Wildman–Crippen MR) is 120 cm³/mol. The number of aromatic hydroxyl groups is 4. The topological polar surface area (TPSA) is 186 Å². The lowest BCUT2D eigenvalue weighted by Crippen LogP contribution is -2.59. The molecular formula is C24H28O11. The number of phenolic OH excluding ortho intramolecular Hbond substituents is 4. The fraction of sp³-hybridized carbons (Fsp3) is 0.375. The van der Waals surface area contributed by atoms with Crippen molar-refractivity contribution in [3.63, 3.8) is 0 Å². The lowest BCUT2D eigenvalue weighted by Gasteiger charge is -2.39. The summed E-state index contributed by atoms with van der Waals surface area (Å²) in [7, 11) is 0. The summed E-state index contributed by atoms with van der Waals surface area (Å²) in [5.74, 6) is -1.90. The van der Waals surface area contributed by atoms with Crippen LogP contribution in [-0.4, -0.2) is 85.6 Å². The van der Waals surface area contributed by atoms with Crippen molar-refractivity contribution in [2.75, 3.05) is 13.2 Å². The van der Waals surface area contributed by atoms with Gasteiger partial charge in [-0.2, -0.15) is 0 Å². The van der Waals surface area contributed by atoms with Gasteiger partial charge in [0.25, 0.3) is 0 Å². The summed E-state index contributed by atoms with van der Waals surface area (Å²) in [6.07, 6.45) is -3.72. The maximum Gasteiger partial charge on any atom is 0.330 e. The molecule has 0 unspecified atom stereocenters. The van der Waals surface area contributed by atoms with Crippen molar-refractivity contribution in [1.29, 1.82) is 0 Å². The Bertz CT molecular complexity index is 1040. The molecular weight excluding hydrogens is 464 g/mol. The quantitative estimate of drug-likeness (QED) is 0.112. The molecule has 11 heteroatoms. The number of esters is 1. The van der Waals surface area contributed by atoms with Gasteiger partial charge in [0.2, 0.25) is 0 Å². The molecule has 0 radical (unpaired) electrons. The van der Waals surface area contributed by atoms with Crippen LogP contribution in [0.25, 0.3) is 6.08 Å². The van der Waals surface area contributed by atoms with Crippen molar-refractivity contribution >= 4 is 12.0 Å². The number of hydrogen-bond acceptors (Lipinski definition) is 11. The van der Waals surface area contributed by atoms with E-state index in [-0.39, 0.29) is 29.6 Å². The lowest BCUT2D eigenvalue weighted by molar-refractivity contribution is -0.301. The van der Waals surface area contributed by atoms with Gasteiger partial charge in [-0.1, -0.05) is 12.1 Å². The summed E-state index contributed by atoms with van der Waals surface area (Å²) in [4.78, 5) is 12.0. The third-order valence-corrected chi connectivity index (χ3v) is 5.40. The van der Waals surface area contributed by atoms with Crippen molar-refractivity contribution in [3.8, 4) is 23.0 Å². The number of phenols is 4. The molecule has 1 saturated heterocycles. The predicted octanol–water partition coefficient (Wildman–Crippen LogP) is 0.522. The minimum atomic E-state index is -1.60. The van der Waals surface area contributed by atoms with E-state index in [1.165, 1.54) is 36.4 Å². The summed E-state index contributed by atoms with van der Waals surface area (Å²) in [5, 5.41) is 68.1. The van der Waals surface area contributed by atoms with Gasteiger partial charge < -0.3 is 50.0 Å². The summed E-state index contributed by atoms with van der Waals surface area (Å²) < 4.78 is 16.0. The molecule has 3 rings (SSSR count). The van der Waals surface area contributed by atoms with Crippen molar-refractivity contribution in [2.24, 2.45) is 0 Å². The summed E-state index contributed by atoms with van der Waals surface area (Å²) in [6.45, 7) is -0.317. The van der Waals surface area contributed by atoms with Crippen LogP contribution in [0.3, 0.4) is 0 Å². The molecule has 1 aliphatic rings. The molecule has 11 nitrogen and oxygen atoms in total. The highest BCUT2D eigenvalue weighted by atomic mass is 16.7. The highest BCUT2D eigenvalue weighted by Crippen LogP contribution is 2.27. The van der Waals surface area contributed by atoms with Gasteiger partial charge >= 0.3 is 5.97 Å². The zero-order chi connectivity index (χ0) is 25.5. The molecule has 2 aromatic rings. The van der Waals surface area contributed by atoms with E-state index in [4.69, 9.17) is 14.2 Å². The summed E-state index contributed by atoms with van der Waals surface area (Å²) in [6, 6.07) is 8.41. The smallest absolute Gasteiger partial charge is 0.330 e. The lowest BCUT2D eigenvalue weighted by atomic mass is 9.99. The molecule has 0 aliphatic carbocycles. The number of ether oxygens (including phenoxy) is 3. The fourth-order valence-electron chi connectivity index (χ4n) is 3.41. The second kappa shape index (κ2) is 11.9. The molecule has 0 amide bonds. The molecule has 0 spiro atoms. The minimum absolute atomic E-state index is 0.112. The van der Waals surface area contributed by atoms with E-state index in [9.17, 15) is 40.5 Å². The zero-order valence-corrected chi connectivity index (χ0v) is 18.6. The van der Waals surface area contributed by atoms with Crippen LogP contribution in [-0.2, 0) is 25.4 Å². The number of hydrogen-bond donors (Lipinski definition) is 7. The van der Waals surface area contributed by atoms with E-state index in [1.54, 1.807) is 6.07 Å². The van der Waals surface area contributed by atoms with Crippen molar-refractivity contribution < 1.29 is 54.8 Å². The Morgan fingerprint density at radius 2 is 1.57 bits per heavy atom. The Kier molecular flexibility index (Phi) is 8.90. The first kappa shape index (κ1) is 26.3. The zero-order valence-electron chi connectivity index (χ0n) is 18.6. The standard InChI is InChI=1S/C24H28O11/c25-15-6-3-13(10-17(15)27)2-1-9-33-24-23(32)22(31)21(30)19(35-24)12-34-20(29)8-5-14-4-7-16(26)18(28)11-14/h3-8,10-11,19,21-28,30-32H,1-2,9,12H2/b8-5+/t19-,21-,22+,23-,24-/m1/s1. The second-order valence-corrected chi connectivity index (χ2v) is 8.02. The van der Waals surface area contributed by atoms with E-state index in [0.717, 1.165) is 11.6 Å². The third-order valence-electron chi connectivity index (χ3n) is 5.40. The molecule has 0 aromatic heterocycles. The van der Waals surface area contributed by atoms with Crippen LogP contribution in [0.5, 0.6) is 23.0 Å². The van der Waals surface area contributed by atoms with Gasteiger partial charge in [0.05, 0.1) is 6.61 Å². The van der Waals surface area contributed by atoms with Crippen LogP contribution in [0.4, 0.5) is 0 Å². The summed E-state index contributed by atoms with van der Waals surface area (Å²) >= 11 is 0. The molecule has 1 heterocycles. The van der Waals surface area contributed by atoms with Crippen LogP contribution in [0.15, 0.2) is 42.5 Å². The second-order valence-electron chi connectivity index (χ2n) is 8.02. The number of aliphatic hydroxyl groups is 3.